The second-order valence-corrected chi connectivity index (χ2v) is 4.43. The van der Waals surface area contributed by atoms with Crippen molar-refractivity contribution >= 4 is 28.5 Å². The largest absolute Gasteiger partial charge is 0.497 e. The number of azo groups is 1. The van der Waals surface area contributed by atoms with E-state index >= 15 is 0 Å². The third kappa shape index (κ3) is 2.35. The van der Waals surface area contributed by atoms with Crippen molar-refractivity contribution in [1.29, 1.82) is 0 Å². The first-order valence-electron chi connectivity index (χ1n) is 5.96. The lowest BCUT2D eigenvalue weighted by molar-refractivity contribution is 0.415. The Balaban J connectivity index is 1.95. The Morgan fingerprint density at radius 3 is 2.65 bits per heavy atom. The molecule has 0 amide bonds. The Bertz CT molecular complexity index is 764. The van der Waals surface area contributed by atoms with Gasteiger partial charge in [0.25, 0.3) is 0 Å². The van der Waals surface area contributed by atoms with Gasteiger partial charge in [0.2, 0.25) is 0 Å². The number of methoxy groups -OCH3 is 1. The summed E-state index contributed by atoms with van der Waals surface area (Å²) in [6.07, 6.45) is 1.81. The third-order valence-electron chi connectivity index (χ3n) is 2.81. The van der Waals surface area contributed by atoms with Crippen molar-refractivity contribution in [2.75, 3.05) is 7.11 Å². The zero-order chi connectivity index (χ0) is 13.9. The molecular weight excluding hydrogens is 276 g/mol. The summed E-state index contributed by atoms with van der Waals surface area (Å²) in [4.78, 5) is 0. The van der Waals surface area contributed by atoms with Gasteiger partial charge in [-0.2, -0.15) is 10.2 Å². The quantitative estimate of drug-likeness (QED) is 0.670. The van der Waals surface area contributed by atoms with E-state index in [9.17, 15) is 0 Å². The predicted octanol–water partition coefficient (Wildman–Crippen LogP) is 4.41. The molecule has 0 unspecified atom stereocenters. The van der Waals surface area contributed by atoms with Crippen LogP contribution in [-0.4, -0.2) is 16.7 Å². The summed E-state index contributed by atoms with van der Waals surface area (Å²) >= 11 is 6.08. The maximum absolute atomic E-state index is 6.08. The maximum Gasteiger partial charge on any atom is 0.179 e. The number of benzene rings is 1. The van der Waals surface area contributed by atoms with Gasteiger partial charge in [-0.25, -0.2) is 4.52 Å². The van der Waals surface area contributed by atoms with Gasteiger partial charge in [-0.3, -0.25) is 0 Å². The first-order chi connectivity index (χ1) is 9.78. The lowest BCUT2D eigenvalue weighted by atomic mass is 10.3. The van der Waals surface area contributed by atoms with Crippen molar-refractivity contribution in [3.05, 3.63) is 53.8 Å². The van der Waals surface area contributed by atoms with Crippen molar-refractivity contribution in [3.8, 4) is 5.75 Å². The number of rotatable bonds is 3. The van der Waals surface area contributed by atoms with Crippen molar-refractivity contribution in [2.24, 2.45) is 10.2 Å². The SMILES string of the molecule is COc1ccc(N=Nc2c(Cl)nn3ccccc23)cc1. The molecule has 0 radical (unpaired) electrons. The summed E-state index contributed by atoms with van der Waals surface area (Å²) in [5.74, 6) is 0.776. The molecule has 5 nitrogen and oxygen atoms in total. The van der Waals surface area contributed by atoms with Crippen LogP contribution in [0.4, 0.5) is 11.4 Å². The molecule has 0 spiro atoms. The number of halogens is 1. The average molecular weight is 287 g/mol. The number of hydrogen-bond acceptors (Lipinski definition) is 4. The number of pyridine rings is 1. The highest BCUT2D eigenvalue weighted by molar-refractivity contribution is 6.32. The van der Waals surface area contributed by atoms with Gasteiger partial charge in [0.05, 0.1) is 18.3 Å². The van der Waals surface area contributed by atoms with E-state index in [0.29, 0.717) is 10.8 Å². The van der Waals surface area contributed by atoms with Gasteiger partial charge in [0.1, 0.15) is 5.75 Å². The van der Waals surface area contributed by atoms with Crippen LogP contribution >= 0.6 is 11.6 Å². The molecule has 3 rings (SSSR count). The van der Waals surface area contributed by atoms with Crippen molar-refractivity contribution in [1.82, 2.24) is 9.61 Å². The lowest BCUT2D eigenvalue weighted by Crippen LogP contribution is -1.82. The molecule has 0 aliphatic rings. The van der Waals surface area contributed by atoms with E-state index in [1.54, 1.807) is 11.6 Å². The third-order valence-corrected chi connectivity index (χ3v) is 3.07. The Hall–Kier alpha value is -2.40. The van der Waals surface area contributed by atoms with Crippen LogP contribution in [0.1, 0.15) is 0 Å². The molecule has 20 heavy (non-hydrogen) atoms. The second kappa shape index (κ2) is 5.30. The first kappa shape index (κ1) is 12.6. The van der Waals surface area contributed by atoms with Gasteiger partial charge >= 0.3 is 0 Å². The molecule has 0 atom stereocenters. The van der Waals surface area contributed by atoms with E-state index < -0.39 is 0 Å². The van der Waals surface area contributed by atoms with E-state index in [1.165, 1.54) is 0 Å². The van der Waals surface area contributed by atoms with Crippen LogP contribution in [0, 0.1) is 0 Å². The fraction of sp³-hybridized carbons (Fsp3) is 0.0714. The zero-order valence-electron chi connectivity index (χ0n) is 10.7. The maximum atomic E-state index is 6.08. The molecule has 0 saturated heterocycles. The van der Waals surface area contributed by atoms with E-state index in [4.69, 9.17) is 16.3 Å². The van der Waals surface area contributed by atoms with Gasteiger partial charge in [0, 0.05) is 6.20 Å². The van der Waals surface area contributed by atoms with Gasteiger partial charge in [0.15, 0.2) is 10.8 Å². The summed E-state index contributed by atoms with van der Waals surface area (Å²) < 4.78 is 6.76. The highest BCUT2D eigenvalue weighted by Gasteiger charge is 2.09. The van der Waals surface area contributed by atoms with Crippen LogP contribution < -0.4 is 4.74 Å². The molecule has 0 aliphatic heterocycles. The molecule has 0 saturated carbocycles. The molecular formula is C14H11ClN4O. The molecule has 2 heterocycles. The lowest BCUT2D eigenvalue weighted by Gasteiger charge is -1.98. The summed E-state index contributed by atoms with van der Waals surface area (Å²) in [7, 11) is 1.62. The Morgan fingerprint density at radius 1 is 1.10 bits per heavy atom. The number of fused-ring (bicyclic) bond motifs is 1. The predicted molar refractivity (Wildman–Crippen MR) is 77.4 cm³/mol. The molecule has 0 aliphatic carbocycles. The standard InChI is InChI=1S/C14H11ClN4O/c1-20-11-7-5-10(6-8-11)16-17-13-12-4-2-3-9-19(12)18-14(13)15/h2-9H,1H3. The van der Waals surface area contributed by atoms with Crippen LogP contribution in [0.2, 0.25) is 5.15 Å². The van der Waals surface area contributed by atoms with E-state index in [2.05, 4.69) is 15.3 Å². The topological polar surface area (TPSA) is 51.2 Å². The molecule has 0 N–H and O–H groups in total. The van der Waals surface area contributed by atoms with Crippen molar-refractivity contribution < 1.29 is 4.74 Å². The fourth-order valence-corrected chi connectivity index (χ4v) is 2.02. The molecule has 3 aromatic rings. The Morgan fingerprint density at radius 2 is 1.90 bits per heavy atom. The van der Waals surface area contributed by atoms with Crippen LogP contribution in [0.25, 0.3) is 5.52 Å². The highest BCUT2D eigenvalue weighted by Crippen LogP contribution is 2.30. The van der Waals surface area contributed by atoms with Gasteiger partial charge in [-0.15, -0.1) is 5.11 Å². The molecule has 0 bridgehead atoms. The number of ether oxygens (including phenoxy) is 1. The Labute approximate surface area is 120 Å². The summed E-state index contributed by atoms with van der Waals surface area (Å²) in [5.41, 5.74) is 2.09. The van der Waals surface area contributed by atoms with Crippen LogP contribution in [0.3, 0.4) is 0 Å². The molecule has 0 fully saturated rings. The Kier molecular flexibility index (Phi) is 3.35. The smallest absolute Gasteiger partial charge is 0.179 e. The number of aromatic nitrogens is 2. The van der Waals surface area contributed by atoms with E-state index in [1.807, 2.05) is 48.7 Å². The first-order valence-corrected chi connectivity index (χ1v) is 6.34. The summed E-state index contributed by atoms with van der Waals surface area (Å²) in [5, 5.41) is 12.8. The van der Waals surface area contributed by atoms with E-state index in [0.717, 1.165) is 17.0 Å². The van der Waals surface area contributed by atoms with Gasteiger partial charge in [-0.1, -0.05) is 17.7 Å². The average Bonchev–Trinajstić information content (AvgIpc) is 2.81. The van der Waals surface area contributed by atoms with Crippen molar-refractivity contribution in [3.63, 3.8) is 0 Å². The minimum absolute atomic E-state index is 0.327. The second-order valence-electron chi connectivity index (χ2n) is 4.07. The molecule has 2 aromatic heterocycles. The molecule has 100 valence electrons. The summed E-state index contributed by atoms with van der Waals surface area (Å²) in [6, 6.07) is 13.0. The van der Waals surface area contributed by atoms with Gasteiger partial charge in [-0.05, 0) is 36.4 Å². The van der Waals surface area contributed by atoms with Crippen LogP contribution in [-0.2, 0) is 0 Å². The minimum atomic E-state index is 0.327. The molecule has 6 heteroatoms. The number of nitrogens with zero attached hydrogens (tertiary/aromatic N) is 4. The molecule has 1 aromatic carbocycles. The van der Waals surface area contributed by atoms with Crippen molar-refractivity contribution in [2.45, 2.75) is 0 Å². The highest BCUT2D eigenvalue weighted by atomic mass is 35.5. The van der Waals surface area contributed by atoms with Crippen LogP contribution in [0.15, 0.2) is 58.9 Å². The van der Waals surface area contributed by atoms with Crippen LogP contribution in [0.5, 0.6) is 5.75 Å². The van der Waals surface area contributed by atoms with E-state index in [-0.39, 0.29) is 0 Å². The summed E-state index contributed by atoms with van der Waals surface area (Å²) in [6.45, 7) is 0. The van der Waals surface area contributed by atoms with Gasteiger partial charge < -0.3 is 4.74 Å². The zero-order valence-corrected chi connectivity index (χ0v) is 11.4. The fourth-order valence-electron chi connectivity index (χ4n) is 1.81. The number of hydrogen-bond donors (Lipinski definition) is 0. The minimum Gasteiger partial charge on any atom is -0.497 e. The normalized spacial score (nSPS) is 11.3. The monoisotopic (exact) mass is 286 g/mol.